The van der Waals surface area contributed by atoms with E-state index in [1.54, 1.807) is 24.8 Å². The predicted octanol–water partition coefficient (Wildman–Crippen LogP) is 1.37. The van der Waals surface area contributed by atoms with E-state index in [1.165, 1.54) is 11.3 Å². The zero-order chi connectivity index (χ0) is 12.1. The molecule has 0 aromatic carbocycles. The van der Waals surface area contributed by atoms with Gasteiger partial charge in [0, 0.05) is 24.2 Å². The molecule has 0 unspecified atom stereocenters. The highest BCUT2D eigenvalue weighted by atomic mass is 32.1. The van der Waals surface area contributed by atoms with Gasteiger partial charge in [0.25, 0.3) is 0 Å². The molecular weight excluding hydrogens is 254 g/mol. The van der Waals surface area contributed by atoms with Crippen LogP contribution in [0.25, 0.3) is 10.6 Å². The molecule has 0 atom stereocenters. The summed E-state index contributed by atoms with van der Waals surface area (Å²) in [5.74, 6) is 0. The highest BCUT2D eigenvalue weighted by molar-refractivity contribution is 7.80. The minimum Gasteiger partial charge on any atom is -0.375 e. The molecule has 5 nitrogen and oxygen atoms in total. The minimum atomic E-state index is 0.139. The smallest absolute Gasteiger partial charge is 0.184 e. The topological polar surface area (TPSA) is 76.2 Å². The van der Waals surface area contributed by atoms with E-state index in [4.69, 9.17) is 5.73 Å². The van der Waals surface area contributed by atoms with Gasteiger partial charge in [-0.15, -0.1) is 11.3 Å². The van der Waals surface area contributed by atoms with Crippen molar-refractivity contribution in [1.29, 1.82) is 0 Å². The molecule has 2 aromatic heterocycles. The average molecular weight is 263 g/mol. The monoisotopic (exact) mass is 263 g/mol. The molecule has 0 saturated carbocycles. The molecule has 0 bridgehead atoms. The van der Waals surface area contributed by atoms with Crippen molar-refractivity contribution >= 4 is 34.9 Å². The van der Waals surface area contributed by atoms with Gasteiger partial charge in [0.15, 0.2) is 5.11 Å². The minimum absolute atomic E-state index is 0.139. The van der Waals surface area contributed by atoms with Crippen LogP contribution in [0.4, 0.5) is 0 Å². The Morgan fingerprint density at radius 2 is 2.24 bits per heavy atom. The van der Waals surface area contributed by atoms with Crippen LogP contribution < -0.4 is 11.2 Å². The lowest BCUT2D eigenvalue weighted by Crippen LogP contribution is -2.23. The number of nitrogens with one attached hydrogen (secondary N) is 1. The van der Waals surface area contributed by atoms with Crippen molar-refractivity contribution in [3.8, 4) is 10.6 Å². The fourth-order valence-electron chi connectivity index (χ4n) is 1.13. The van der Waals surface area contributed by atoms with Gasteiger partial charge in [-0.3, -0.25) is 10.4 Å². The molecule has 0 aliphatic rings. The molecule has 0 amide bonds. The number of hydrazone groups is 1. The van der Waals surface area contributed by atoms with Gasteiger partial charge in [0.05, 0.1) is 11.1 Å². The van der Waals surface area contributed by atoms with Gasteiger partial charge >= 0.3 is 0 Å². The van der Waals surface area contributed by atoms with Gasteiger partial charge < -0.3 is 5.73 Å². The Kier molecular flexibility index (Phi) is 3.73. The van der Waals surface area contributed by atoms with E-state index in [9.17, 15) is 0 Å². The summed E-state index contributed by atoms with van der Waals surface area (Å²) in [7, 11) is 0. The Hall–Kier alpha value is -1.86. The maximum absolute atomic E-state index is 5.24. The van der Waals surface area contributed by atoms with E-state index in [1.807, 2.05) is 12.1 Å². The number of thiocarbonyl (C=S) groups is 1. The molecule has 2 rings (SSSR count). The Bertz CT molecular complexity index is 535. The third-order valence-corrected chi connectivity index (χ3v) is 2.89. The lowest BCUT2D eigenvalue weighted by molar-refractivity contribution is 1.04. The van der Waals surface area contributed by atoms with Crippen LogP contribution in [0, 0.1) is 0 Å². The molecule has 7 heteroatoms. The Morgan fingerprint density at radius 3 is 2.94 bits per heavy atom. The maximum atomic E-state index is 5.24. The molecular formula is C10H9N5S2. The number of pyridine rings is 1. The summed E-state index contributed by atoms with van der Waals surface area (Å²) >= 11 is 6.15. The van der Waals surface area contributed by atoms with E-state index in [0.29, 0.717) is 0 Å². The number of rotatable bonds is 3. The van der Waals surface area contributed by atoms with Gasteiger partial charge in [0.2, 0.25) is 0 Å². The Balaban J connectivity index is 2.11. The summed E-state index contributed by atoms with van der Waals surface area (Å²) in [5, 5.41) is 4.92. The second-order valence-corrected chi connectivity index (χ2v) is 4.54. The predicted molar refractivity (Wildman–Crippen MR) is 72.9 cm³/mol. The summed E-state index contributed by atoms with van der Waals surface area (Å²) in [6.45, 7) is 0. The van der Waals surface area contributed by atoms with Crippen molar-refractivity contribution < 1.29 is 0 Å². The molecule has 17 heavy (non-hydrogen) atoms. The summed E-state index contributed by atoms with van der Waals surface area (Å²) in [6, 6.07) is 3.82. The molecule has 0 aliphatic carbocycles. The molecule has 0 saturated heterocycles. The second kappa shape index (κ2) is 5.46. The van der Waals surface area contributed by atoms with Gasteiger partial charge in [-0.1, -0.05) is 0 Å². The summed E-state index contributed by atoms with van der Waals surface area (Å²) in [4.78, 5) is 9.17. The lowest BCUT2D eigenvalue weighted by atomic mass is 10.3. The summed E-state index contributed by atoms with van der Waals surface area (Å²) in [5.41, 5.74) is 8.77. The summed E-state index contributed by atoms with van der Waals surface area (Å²) in [6.07, 6.45) is 6.84. The lowest BCUT2D eigenvalue weighted by Gasteiger charge is -1.92. The van der Waals surface area contributed by atoms with Crippen LogP contribution in [-0.4, -0.2) is 21.3 Å². The van der Waals surface area contributed by atoms with Gasteiger partial charge in [-0.25, -0.2) is 4.98 Å². The van der Waals surface area contributed by atoms with E-state index < -0.39 is 0 Å². The first kappa shape index (κ1) is 11.6. The third kappa shape index (κ3) is 3.30. The quantitative estimate of drug-likeness (QED) is 0.497. The van der Waals surface area contributed by atoms with Crippen molar-refractivity contribution in [2.75, 3.05) is 0 Å². The molecule has 0 radical (unpaired) electrons. The Labute approximate surface area is 107 Å². The van der Waals surface area contributed by atoms with Crippen LogP contribution in [0.15, 0.2) is 35.8 Å². The van der Waals surface area contributed by atoms with Gasteiger partial charge in [-0.05, 0) is 24.4 Å². The molecule has 0 spiro atoms. The van der Waals surface area contributed by atoms with E-state index in [0.717, 1.165) is 15.4 Å². The molecule has 3 N–H and O–H groups in total. The number of nitrogens with zero attached hydrogens (tertiary/aromatic N) is 3. The van der Waals surface area contributed by atoms with Crippen LogP contribution in [0.2, 0.25) is 0 Å². The van der Waals surface area contributed by atoms with E-state index in [2.05, 4.69) is 32.7 Å². The van der Waals surface area contributed by atoms with Crippen molar-refractivity contribution in [3.63, 3.8) is 0 Å². The van der Waals surface area contributed by atoms with E-state index in [-0.39, 0.29) is 5.11 Å². The van der Waals surface area contributed by atoms with E-state index >= 15 is 0 Å². The summed E-state index contributed by atoms with van der Waals surface area (Å²) < 4.78 is 0. The zero-order valence-corrected chi connectivity index (χ0v) is 10.3. The SMILES string of the molecule is NC(=S)NN=Cc1cnc(-c2ccncc2)s1. The number of hydrogen-bond donors (Lipinski definition) is 2. The van der Waals surface area contributed by atoms with Crippen LogP contribution in [-0.2, 0) is 0 Å². The standard InChI is InChI=1S/C10H9N5S2/c11-10(16)15-14-6-8-5-13-9(17-8)7-1-3-12-4-2-7/h1-6H,(H3,11,15,16). The van der Waals surface area contributed by atoms with Crippen molar-refractivity contribution in [2.24, 2.45) is 10.8 Å². The third-order valence-electron chi connectivity index (χ3n) is 1.82. The van der Waals surface area contributed by atoms with Crippen LogP contribution in [0.1, 0.15) is 4.88 Å². The van der Waals surface area contributed by atoms with Crippen molar-refractivity contribution in [1.82, 2.24) is 15.4 Å². The number of aromatic nitrogens is 2. The largest absolute Gasteiger partial charge is 0.375 e. The first-order chi connectivity index (χ1) is 8.25. The normalized spacial score (nSPS) is 10.6. The second-order valence-electron chi connectivity index (χ2n) is 3.04. The fourth-order valence-corrected chi connectivity index (χ4v) is 1.98. The number of hydrogen-bond acceptors (Lipinski definition) is 5. The first-order valence-corrected chi connectivity index (χ1v) is 5.93. The van der Waals surface area contributed by atoms with Crippen LogP contribution in [0.3, 0.4) is 0 Å². The molecule has 86 valence electrons. The first-order valence-electron chi connectivity index (χ1n) is 4.70. The van der Waals surface area contributed by atoms with Gasteiger partial charge in [-0.2, -0.15) is 5.10 Å². The highest BCUT2D eigenvalue weighted by Gasteiger charge is 2.02. The van der Waals surface area contributed by atoms with Crippen LogP contribution in [0.5, 0.6) is 0 Å². The highest BCUT2D eigenvalue weighted by Crippen LogP contribution is 2.23. The molecule has 0 aliphatic heterocycles. The molecule has 2 heterocycles. The number of thiazole rings is 1. The maximum Gasteiger partial charge on any atom is 0.184 e. The zero-order valence-electron chi connectivity index (χ0n) is 8.70. The van der Waals surface area contributed by atoms with Crippen LogP contribution >= 0.6 is 23.6 Å². The van der Waals surface area contributed by atoms with Crippen molar-refractivity contribution in [2.45, 2.75) is 0 Å². The Morgan fingerprint density at radius 1 is 1.47 bits per heavy atom. The molecule has 2 aromatic rings. The number of nitrogens with two attached hydrogens (primary N) is 1. The van der Waals surface area contributed by atoms with Gasteiger partial charge in [0.1, 0.15) is 5.01 Å². The average Bonchev–Trinajstić information content (AvgIpc) is 2.78. The van der Waals surface area contributed by atoms with Crippen molar-refractivity contribution in [3.05, 3.63) is 35.6 Å². The molecule has 0 fully saturated rings. The fraction of sp³-hybridized carbons (Fsp3) is 0.